The number of carbonyl (C=O) groups excluding carboxylic acids is 1. The fourth-order valence-electron chi connectivity index (χ4n) is 2.41. The number of rotatable bonds is 3. The number of nitrogens with zero attached hydrogens (tertiary/aromatic N) is 1. The van der Waals surface area contributed by atoms with E-state index >= 15 is 0 Å². The van der Waals surface area contributed by atoms with Crippen LogP contribution < -0.4 is 5.32 Å². The number of aryl methyl sites for hydroxylation is 2. The van der Waals surface area contributed by atoms with Crippen LogP contribution in [0, 0.1) is 19.8 Å². The molecule has 0 aliphatic heterocycles. The molecule has 0 saturated heterocycles. The monoisotopic (exact) mass is 252 g/mol. The van der Waals surface area contributed by atoms with Gasteiger partial charge in [0.2, 0.25) is 5.91 Å². The van der Waals surface area contributed by atoms with Gasteiger partial charge in [0.15, 0.2) is 0 Å². The molecule has 1 N–H and O–H groups in total. The third-order valence-corrected chi connectivity index (χ3v) is 4.47. The normalized spacial score (nSPS) is 17.1. The second-order valence-electron chi connectivity index (χ2n) is 4.79. The number of carbonyl (C=O) groups is 1. The van der Waals surface area contributed by atoms with Crippen molar-refractivity contribution in [3.8, 4) is 0 Å². The molecule has 4 heteroatoms. The zero-order valence-corrected chi connectivity index (χ0v) is 11.4. The van der Waals surface area contributed by atoms with Crippen LogP contribution >= 0.6 is 11.3 Å². The van der Waals surface area contributed by atoms with Crippen LogP contribution in [0.25, 0.3) is 0 Å². The molecule has 0 atom stereocenters. The molecule has 3 nitrogen and oxygen atoms in total. The molecule has 0 aromatic carbocycles. The zero-order valence-electron chi connectivity index (χ0n) is 10.6. The van der Waals surface area contributed by atoms with Gasteiger partial charge in [-0.25, -0.2) is 4.98 Å². The Labute approximate surface area is 107 Å². The number of aromatic nitrogens is 1. The van der Waals surface area contributed by atoms with Crippen LogP contribution in [0.4, 0.5) is 0 Å². The molecule has 1 fully saturated rings. The lowest BCUT2D eigenvalue weighted by Crippen LogP contribution is -2.31. The third-order valence-electron chi connectivity index (χ3n) is 3.40. The van der Waals surface area contributed by atoms with E-state index in [-0.39, 0.29) is 11.8 Å². The molecule has 0 radical (unpaired) electrons. The molecule has 1 amide bonds. The first kappa shape index (κ1) is 12.6. The van der Waals surface area contributed by atoms with Crippen LogP contribution in [0.5, 0.6) is 0 Å². The Kier molecular flexibility index (Phi) is 4.15. The van der Waals surface area contributed by atoms with Gasteiger partial charge < -0.3 is 5.32 Å². The molecule has 0 unspecified atom stereocenters. The molecule has 1 aliphatic carbocycles. The van der Waals surface area contributed by atoms with E-state index in [9.17, 15) is 4.79 Å². The van der Waals surface area contributed by atoms with Gasteiger partial charge in [0.05, 0.1) is 17.2 Å². The molecule has 94 valence electrons. The first-order chi connectivity index (χ1) is 8.16. The van der Waals surface area contributed by atoms with Gasteiger partial charge in [0, 0.05) is 10.8 Å². The molecule has 0 spiro atoms. The lowest BCUT2D eigenvalue weighted by Gasteiger charge is -2.20. The summed E-state index contributed by atoms with van der Waals surface area (Å²) in [6.07, 6.45) is 5.82. The summed E-state index contributed by atoms with van der Waals surface area (Å²) in [4.78, 5) is 17.5. The molecule has 1 saturated carbocycles. The van der Waals surface area contributed by atoms with E-state index in [1.165, 1.54) is 24.1 Å². The van der Waals surface area contributed by atoms with Crippen molar-refractivity contribution in [2.24, 2.45) is 5.92 Å². The van der Waals surface area contributed by atoms with Gasteiger partial charge >= 0.3 is 0 Å². The Morgan fingerprint density at radius 2 is 2.06 bits per heavy atom. The summed E-state index contributed by atoms with van der Waals surface area (Å²) in [5, 5.41) is 4.13. The van der Waals surface area contributed by atoms with Crippen LogP contribution in [0.3, 0.4) is 0 Å². The summed E-state index contributed by atoms with van der Waals surface area (Å²) in [6, 6.07) is 0. The van der Waals surface area contributed by atoms with Gasteiger partial charge in [-0.2, -0.15) is 0 Å². The SMILES string of the molecule is Cc1nc(C)c(CNC(=O)C2CCCCC2)s1. The van der Waals surface area contributed by atoms with Crippen LogP contribution in [0.15, 0.2) is 0 Å². The Morgan fingerprint density at radius 3 is 2.65 bits per heavy atom. The predicted octanol–water partition coefficient (Wildman–Crippen LogP) is 2.96. The minimum absolute atomic E-state index is 0.232. The molecule has 1 aliphatic rings. The van der Waals surface area contributed by atoms with Gasteiger partial charge in [0.25, 0.3) is 0 Å². The standard InChI is InChI=1S/C13H20N2OS/c1-9-12(17-10(2)15-9)8-14-13(16)11-6-4-3-5-7-11/h11H,3-8H2,1-2H3,(H,14,16). The number of amides is 1. The topological polar surface area (TPSA) is 42.0 Å². The molecular weight excluding hydrogens is 232 g/mol. The Hall–Kier alpha value is -0.900. The molecular formula is C13H20N2OS. The van der Waals surface area contributed by atoms with Gasteiger partial charge in [-0.05, 0) is 26.7 Å². The molecule has 2 rings (SSSR count). The van der Waals surface area contributed by atoms with E-state index in [0.29, 0.717) is 6.54 Å². The summed E-state index contributed by atoms with van der Waals surface area (Å²) in [5.41, 5.74) is 1.05. The zero-order chi connectivity index (χ0) is 12.3. The van der Waals surface area contributed by atoms with Crippen molar-refractivity contribution in [3.05, 3.63) is 15.6 Å². The lowest BCUT2D eigenvalue weighted by molar-refractivity contribution is -0.126. The molecule has 17 heavy (non-hydrogen) atoms. The van der Waals surface area contributed by atoms with Gasteiger partial charge in [-0.15, -0.1) is 11.3 Å². The molecule has 1 heterocycles. The highest BCUT2D eigenvalue weighted by atomic mass is 32.1. The summed E-state index contributed by atoms with van der Waals surface area (Å²) < 4.78 is 0. The van der Waals surface area contributed by atoms with Crippen molar-refractivity contribution >= 4 is 17.2 Å². The fraction of sp³-hybridized carbons (Fsp3) is 0.692. The van der Waals surface area contributed by atoms with Gasteiger partial charge in [-0.1, -0.05) is 19.3 Å². The lowest BCUT2D eigenvalue weighted by atomic mass is 9.89. The predicted molar refractivity (Wildman–Crippen MR) is 70.0 cm³/mol. The van der Waals surface area contributed by atoms with Crippen molar-refractivity contribution < 1.29 is 4.79 Å². The first-order valence-corrected chi connectivity index (χ1v) is 7.19. The number of nitrogens with one attached hydrogen (secondary N) is 1. The molecule has 0 bridgehead atoms. The average Bonchev–Trinajstić information content (AvgIpc) is 2.66. The van der Waals surface area contributed by atoms with Crippen molar-refractivity contribution in [3.63, 3.8) is 0 Å². The van der Waals surface area contributed by atoms with Gasteiger partial charge in [-0.3, -0.25) is 4.79 Å². The number of hydrogen-bond acceptors (Lipinski definition) is 3. The maximum atomic E-state index is 12.0. The van der Waals surface area contributed by atoms with E-state index in [0.717, 1.165) is 23.5 Å². The van der Waals surface area contributed by atoms with Crippen molar-refractivity contribution in [2.45, 2.75) is 52.5 Å². The minimum Gasteiger partial charge on any atom is -0.351 e. The van der Waals surface area contributed by atoms with E-state index in [2.05, 4.69) is 10.3 Å². The summed E-state index contributed by atoms with van der Waals surface area (Å²) >= 11 is 1.68. The number of hydrogen-bond donors (Lipinski definition) is 1. The highest BCUT2D eigenvalue weighted by Crippen LogP contribution is 2.24. The Bertz CT molecular complexity index is 394. The Balaban J connectivity index is 1.85. The summed E-state index contributed by atoms with van der Waals surface area (Å²) in [5.74, 6) is 0.480. The largest absolute Gasteiger partial charge is 0.351 e. The minimum atomic E-state index is 0.232. The highest BCUT2D eigenvalue weighted by Gasteiger charge is 2.20. The maximum absolute atomic E-state index is 12.0. The smallest absolute Gasteiger partial charge is 0.223 e. The third kappa shape index (κ3) is 3.28. The van der Waals surface area contributed by atoms with Crippen molar-refractivity contribution in [1.29, 1.82) is 0 Å². The number of thiazole rings is 1. The second-order valence-corrected chi connectivity index (χ2v) is 6.08. The van der Waals surface area contributed by atoms with Crippen LogP contribution in [0.2, 0.25) is 0 Å². The van der Waals surface area contributed by atoms with E-state index in [4.69, 9.17) is 0 Å². The van der Waals surface area contributed by atoms with E-state index in [1.807, 2.05) is 13.8 Å². The summed E-state index contributed by atoms with van der Waals surface area (Å²) in [7, 11) is 0. The Morgan fingerprint density at radius 1 is 1.35 bits per heavy atom. The molecule has 1 aromatic heterocycles. The average molecular weight is 252 g/mol. The quantitative estimate of drug-likeness (QED) is 0.898. The molecule has 1 aromatic rings. The van der Waals surface area contributed by atoms with E-state index < -0.39 is 0 Å². The fourth-order valence-corrected chi connectivity index (χ4v) is 3.29. The second kappa shape index (κ2) is 5.63. The van der Waals surface area contributed by atoms with Crippen LogP contribution in [0.1, 0.15) is 47.7 Å². The van der Waals surface area contributed by atoms with E-state index in [1.54, 1.807) is 11.3 Å². The highest BCUT2D eigenvalue weighted by molar-refractivity contribution is 7.11. The summed E-state index contributed by atoms with van der Waals surface area (Å²) in [6.45, 7) is 4.66. The van der Waals surface area contributed by atoms with Crippen LogP contribution in [-0.4, -0.2) is 10.9 Å². The van der Waals surface area contributed by atoms with Crippen molar-refractivity contribution in [1.82, 2.24) is 10.3 Å². The van der Waals surface area contributed by atoms with Crippen molar-refractivity contribution in [2.75, 3.05) is 0 Å². The first-order valence-electron chi connectivity index (χ1n) is 6.37. The maximum Gasteiger partial charge on any atom is 0.223 e. The van der Waals surface area contributed by atoms with Gasteiger partial charge in [0.1, 0.15) is 0 Å². The van der Waals surface area contributed by atoms with Crippen LogP contribution in [-0.2, 0) is 11.3 Å².